The lowest BCUT2D eigenvalue weighted by atomic mass is 9.89. The summed E-state index contributed by atoms with van der Waals surface area (Å²) in [6, 6.07) is 20.7. The first-order valence-corrected chi connectivity index (χ1v) is 7.97. The van der Waals surface area contributed by atoms with E-state index in [1.54, 1.807) is 0 Å². The molecule has 0 aromatic heterocycles. The van der Waals surface area contributed by atoms with Crippen LogP contribution < -0.4 is 0 Å². The third-order valence-electron chi connectivity index (χ3n) is 3.43. The Bertz CT molecular complexity index is 554. The SMILES string of the molecule is CC(=O)OCC[C@@H](c1ccccc1)[C@@H](Br)c1ccccc1. The van der Waals surface area contributed by atoms with E-state index in [0.717, 1.165) is 6.42 Å². The molecule has 0 saturated heterocycles. The second-order valence-electron chi connectivity index (χ2n) is 4.96. The first-order valence-electron chi connectivity index (χ1n) is 7.06. The molecular formula is C18H19BrO2. The van der Waals surface area contributed by atoms with Crippen molar-refractivity contribution in [1.82, 2.24) is 0 Å². The van der Waals surface area contributed by atoms with Gasteiger partial charge >= 0.3 is 5.97 Å². The molecule has 0 aliphatic rings. The Labute approximate surface area is 134 Å². The molecule has 110 valence electrons. The normalized spacial score (nSPS) is 13.4. The fraction of sp³-hybridized carbons (Fsp3) is 0.278. The second-order valence-corrected chi connectivity index (χ2v) is 5.94. The number of halogens is 1. The maximum Gasteiger partial charge on any atom is 0.302 e. The summed E-state index contributed by atoms with van der Waals surface area (Å²) in [5, 5.41) is 0. The maximum absolute atomic E-state index is 11.0. The van der Waals surface area contributed by atoms with E-state index in [1.807, 2.05) is 36.4 Å². The predicted molar refractivity (Wildman–Crippen MR) is 88.5 cm³/mol. The number of hydrogen-bond donors (Lipinski definition) is 0. The van der Waals surface area contributed by atoms with Gasteiger partial charge in [-0.05, 0) is 17.5 Å². The zero-order chi connectivity index (χ0) is 15.1. The molecule has 2 rings (SSSR count). The highest BCUT2D eigenvalue weighted by atomic mass is 79.9. The highest BCUT2D eigenvalue weighted by molar-refractivity contribution is 9.09. The van der Waals surface area contributed by atoms with Gasteiger partial charge in [0.2, 0.25) is 0 Å². The van der Waals surface area contributed by atoms with Crippen LogP contribution in [0.3, 0.4) is 0 Å². The molecule has 0 radical (unpaired) electrons. The molecule has 2 nitrogen and oxygen atoms in total. The fourth-order valence-corrected chi connectivity index (χ4v) is 3.26. The minimum absolute atomic E-state index is 0.191. The first kappa shape index (κ1) is 15.8. The van der Waals surface area contributed by atoms with Gasteiger partial charge in [0, 0.05) is 17.7 Å². The van der Waals surface area contributed by atoms with Crippen LogP contribution in [0.2, 0.25) is 0 Å². The molecule has 0 heterocycles. The minimum atomic E-state index is -0.229. The number of carbonyl (C=O) groups excluding carboxylic acids is 1. The standard InChI is InChI=1S/C18H19BrO2/c1-14(20)21-13-12-17(15-8-4-2-5-9-15)18(19)16-10-6-3-7-11-16/h2-11,17-18H,12-13H2,1H3/t17-,18-/m0/s1. The number of benzene rings is 2. The smallest absolute Gasteiger partial charge is 0.302 e. The van der Waals surface area contributed by atoms with Crippen molar-refractivity contribution in [2.24, 2.45) is 0 Å². The molecule has 0 fully saturated rings. The van der Waals surface area contributed by atoms with Crippen molar-refractivity contribution < 1.29 is 9.53 Å². The van der Waals surface area contributed by atoms with E-state index in [4.69, 9.17) is 4.74 Å². The lowest BCUT2D eigenvalue weighted by Gasteiger charge is -2.23. The van der Waals surface area contributed by atoms with E-state index < -0.39 is 0 Å². The molecule has 0 aliphatic carbocycles. The van der Waals surface area contributed by atoms with Crippen LogP contribution in [-0.4, -0.2) is 12.6 Å². The third-order valence-corrected chi connectivity index (χ3v) is 4.60. The predicted octanol–water partition coefficient (Wildman–Crippen LogP) is 4.86. The average Bonchev–Trinajstić information content (AvgIpc) is 2.52. The number of rotatable bonds is 6. The van der Waals surface area contributed by atoms with E-state index >= 15 is 0 Å². The summed E-state index contributed by atoms with van der Waals surface area (Å²) in [6.45, 7) is 1.88. The Morgan fingerprint density at radius 1 is 1.00 bits per heavy atom. The van der Waals surface area contributed by atoms with Crippen LogP contribution in [-0.2, 0) is 9.53 Å². The van der Waals surface area contributed by atoms with Crippen molar-refractivity contribution in [2.45, 2.75) is 24.1 Å². The molecule has 0 saturated carbocycles. The second kappa shape index (κ2) is 7.99. The van der Waals surface area contributed by atoms with Gasteiger partial charge in [0.25, 0.3) is 0 Å². The van der Waals surface area contributed by atoms with Crippen LogP contribution in [0.5, 0.6) is 0 Å². The minimum Gasteiger partial charge on any atom is -0.466 e. The summed E-state index contributed by atoms with van der Waals surface area (Å²) >= 11 is 3.82. The molecule has 2 aromatic rings. The van der Waals surface area contributed by atoms with Gasteiger partial charge in [-0.2, -0.15) is 0 Å². The van der Waals surface area contributed by atoms with E-state index in [1.165, 1.54) is 18.1 Å². The summed E-state index contributed by atoms with van der Waals surface area (Å²) in [5.74, 6) is 0.0283. The summed E-state index contributed by atoms with van der Waals surface area (Å²) < 4.78 is 5.12. The van der Waals surface area contributed by atoms with Crippen molar-refractivity contribution in [3.05, 3.63) is 71.8 Å². The molecule has 2 aromatic carbocycles. The topological polar surface area (TPSA) is 26.3 Å². The van der Waals surface area contributed by atoms with Crippen LogP contribution in [0.4, 0.5) is 0 Å². The van der Waals surface area contributed by atoms with Gasteiger partial charge in [-0.15, -0.1) is 0 Å². The molecule has 0 amide bonds. The van der Waals surface area contributed by atoms with Gasteiger partial charge in [0.05, 0.1) is 6.61 Å². The van der Waals surface area contributed by atoms with E-state index in [0.29, 0.717) is 6.61 Å². The zero-order valence-electron chi connectivity index (χ0n) is 12.0. The number of alkyl halides is 1. The van der Waals surface area contributed by atoms with Gasteiger partial charge in [0.15, 0.2) is 0 Å². The number of ether oxygens (including phenoxy) is 1. The van der Waals surface area contributed by atoms with E-state index in [9.17, 15) is 4.79 Å². The Kier molecular flexibility index (Phi) is 6.00. The Morgan fingerprint density at radius 2 is 1.52 bits per heavy atom. The van der Waals surface area contributed by atoms with Gasteiger partial charge < -0.3 is 4.74 Å². The van der Waals surface area contributed by atoms with Crippen molar-refractivity contribution in [3.8, 4) is 0 Å². The highest BCUT2D eigenvalue weighted by Gasteiger charge is 2.22. The van der Waals surface area contributed by atoms with Crippen molar-refractivity contribution in [2.75, 3.05) is 6.61 Å². The molecule has 0 unspecified atom stereocenters. The molecule has 0 bridgehead atoms. The summed E-state index contributed by atoms with van der Waals surface area (Å²) in [4.78, 5) is 11.2. The van der Waals surface area contributed by atoms with Crippen LogP contribution in [0.1, 0.15) is 35.2 Å². The lowest BCUT2D eigenvalue weighted by molar-refractivity contribution is -0.141. The molecule has 0 aliphatic heterocycles. The monoisotopic (exact) mass is 346 g/mol. The van der Waals surface area contributed by atoms with Crippen LogP contribution in [0, 0.1) is 0 Å². The fourth-order valence-electron chi connectivity index (χ4n) is 2.38. The van der Waals surface area contributed by atoms with E-state index in [2.05, 4.69) is 40.2 Å². The Hall–Kier alpha value is -1.61. The summed E-state index contributed by atoms with van der Waals surface area (Å²) in [5.41, 5.74) is 2.48. The first-order chi connectivity index (χ1) is 10.2. The largest absolute Gasteiger partial charge is 0.466 e. The average molecular weight is 347 g/mol. The number of hydrogen-bond acceptors (Lipinski definition) is 2. The van der Waals surface area contributed by atoms with E-state index in [-0.39, 0.29) is 16.7 Å². The molecule has 3 heteroatoms. The Balaban J connectivity index is 2.17. The van der Waals surface area contributed by atoms with Crippen molar-refractivity contribution in [3.63, 3.8) is 0 Å². The van der Waals surface area contributed by atoms with Gasteiger partial charge in [0.1, 0.15) is 0 Å². The van der Waals surface area contributed by atoms with Crippen LogP contribution in [0.15, 0.2) is 60.7 Å². The Morgan fingerprint density at radius 3 is 2.05 bits per heavy atom. The molecular weight excluding hydrogens is 328 g/mol. The highest BCUT2D eigenvalue weighted by Crippen LogP contribution is 2.40. The molecule has 2 atom stereocenters. The number of esters is 1. The van der Waals surface area contributed by atoms with Gasteiger partial charge in [-0.25, -0.2) is 0 Å². The van der Waals surface area contributed by atoms with Crippen molar-refractivity contribution in [1.29, 1.82) is 0 Å². The molecule has 0 N–H and O–H groups in total. The zero-order valence-corrected chi connectivity index (χ0v) is 13.6. The van der Waals surface area contributed by atoms with Crippen LogP contribution in [0.25, 0.3) is 0 Å². The number of carbonyl (C=O) groups is 1. The summed E-state index contributed by atoms with van der Waals surface area (Å²) in [7, 11) is 0. The molecule has 21 heavy (non-hydrogen) atoms. The van der Waals surface area contributed by atoms with Gasteiger partial charge in [-0.3, -0.25) is 4.79 Å². The maximum atomic E-state index is 11.0. The third kappa shape index (κ3) is 4.71. The van der Waals surface area contributed by atoms with Crippen molar-refractivity contribution >= 4 is 21.9 Å². The quantitative estimate of drug-likeness (QED) is 0.551. The van der Waals surface area contributed by atoms with Crippen LogP contribution >= 0.6 is 15.9 Å². The lowest BCUT2D eigenvalue weighted by Crippen LogP contribution is -2.11. The molecule has 0 spiro atoms. The van der Waals surface area contributed by atoms with Gasteiger partial charge in [-0.1, -0.05) is 76.6 Å². The summed E-state index contributed by atoms with van der Waals surface area (Å²) in [6.07, 6.45) is 0.786.